The van der Waals surface area contributed by atoms with E-state index in [-0.39, 0.29) is 16.9 Å². The molecular formula is C17H9F3O5. The second kappa shape index (κ2) is 6.31. The van der Waals surface area contributed by atoms with Gasteiger partial charge in [0.2, 0.25) is 0 Å². The highest BCUT2D eigenvalue weighted by Gasteiger charge is 2.31. The van der Waals surface area contributed by atoms with Crippen LogP contribution in [0.2, 0.25) is 0 Å². The molecule has 2 aromatic carbocycles. The van der Waals surface area contributed by atoms with Crippen molar-refractivity contribution in [1.29, 1.82) is 0 Å². The van der Waals surface area contributed by atoms with Gasteiger partial charge in [0.1, 0.15) is 17.1 Å². The summed E-state index contributed by atoms with van der Waals surface area (Å²) >= 11 is 0. The van der Waals surface area contributed by atoms with Crippen LogP contribution in [-0.4, -0.2) is 12.3 Å². The Morgan fingerprint density at radius 1 is 0.920 bits per heavy atom. The standard InChI is InChI=1S/C17H9F3O5/c18-17(19,20)25-12-5-2-11(3-6-12)16(22)23-13-7-1-10-4-8-15(21)24-14(10)9-13/h1-9H. The smallest absolute Gasteiger partial charge is 0.423 e. The molecule has 0 bridgehead atoms. The molecule has 0 aliphatic carbocycles. The van der Waals surface area contributed by atoms with Crippen LogP contribution in [0, 0.1) is 0 Å². The van der Waals surface area contributed by atoms with Crippen LogP contribution in [0.1, 0.15) is 10.4 Å². The average Bonchev–Trinajstić information content (AvgIpc) is 2.53. The van der Waals surface area contributed by atoms with Gasteiger partial charge in [0.15, 0.2) is 0 Å². The fourth-order valence-corrected chi connectivity index (χ4v) is 2.06. The Bertz CT molecular complexity index is 974. The van der Waals surface area contributed by atoms with Gasteiger partial charge < -0.3 is 13.9 Å². The van der Waals surface area contributed by atoms with Gasteiger partial charge in [-0.15, -0.1) is 13.2 Å². The van der Waals surface area contributed by atoms with Gasteiger partial charge in [-0.2, -0.15) is 0 Å². The first-order valence-electron chi connectivity index (χ1n) is 6.92. The minimum atomic E-state index is -4.81. The SMILES string of the molecule is O=C(Oc1ccc2ccc(=O)oc2c1)c1ccc(OC(F)(F)F)cc1. The second-order valence-corrected chi connectivity index (χ2v) is 4.92. The largest absolute Gasteiger partial charge is 0.573 e. The number of hydrogen-bond donors (Lipinski definition) is 0. The van der Waals surface area contributed by atoms with E-state index in [1.807, 2.05) is 0 Å². The molecule has 3 aromatic rings. The second-order valence-electron chi connectivity index (χ2n) is 4.92. The highest BCUT2D eigenvalue weighted by atomic mass is 19.4. The van der Waals surface area contributed by atoms with E-state index in [0.717, 1.165) is 24.3 Å². The van der Waals surface area contributed by atoms with Crippen LogP contribution < -0.4 is 15.1 Å². The normalized spacial score (nSPS) is 11.3. The van der Waals surface area contributed by atoms with Crippen molar-refractivity contribution in [3.8, 4) is 11.5 Å². The van der Waals surface area contributed by atoms with Crippen LogP contribution in [0.15, 0.2) is 63.8 Å². The maximum absolute atomic E-state index is 12.1. The molecule has 0 saturated heterocycles. The molecule has 0 aliphatic rings. The lowest BCUT2D eigenvalue weighted by Gasteiger charge is -2.09. The average molecular weight is 350 g/mol. The summed E-state index contributed by atoms with van der Waals surface area (Å²) in [4.78, 5) is 23.2. The van der Waals surface area contributed by atoms with Crippen molar-refractivity contribution in [2.75, 3.05) is 0 Å². The third-order valence-electron chi connectivity index (χ3n) is 3.13. The molecule has 8 heteroatoms. The first kappa shape index (κ1) is 16.6. The van der Waals surface area contributed by atoms with Crippen molar-refractivity contribution in [3.05, 3.63) is 70.6 Å². The maximum Gasteiger partial charge on any atom is 0.573 e. The lowest BCUT2D eigenvalue weighted by atomic mass is 10.2. The summed E-state index contributed by atoms with van der Waals surface area (Å²) in [5, 5.41) is 0.646. The number of rotatable bonds is 3. The zero-order valence-electron chi connectivity index (χ0n) is 12.4. The Morgan fingerprint density at radius 3 is 2.24 bits per heavy atom. The summed E-state index contributed by atoms with van der Waals surface area (Å²) < 4.78 is 50.1. The van der Waals surface area contributed by atoms with Gasteiger partial charge >= 0.3 is 18.0 Å². The van der Waals surface area contributed by atoms with E-state index in [2.05, 4.69) is 4.74 Å². The van der Waals surface area contributed by atoms with E-state index < -0.39 is 23.7 Å². The molecular weight excluding hydrogens is 341 g/mol. The van der Waals surface area contributed by atoms with E-state index in [1.54, 1.807) is 12.1 Å². The van der Waals surface area contributed by atoms with Crippen LogP contribution in [0.25, 0.3) is 11.0 Å². The molecule has 0 atom stereocenters. The summed E-state index contributed by atoms with van der Waals surface area (Å²) in [7, 11) is 0. The van der Waals surface area contributed by atoms with Gasteiger partial charge in [0, 0.05) is 17.5 Å². The zero-order valence-corrected chi connectivity index (χ0v) is 12.4. The molecule has 0 amide bonds. The van der Waals surface area contributed by atoms with Gasteiger partial charge in [0.25, 0.3) is 0 Å². The number of benzene rings is 2. The first-order chi connectivity index (χ1) is 11.8. The number of esters is 1. The van der Waals surface area contributed by atoms with Gasteiger partial charge in [-0.1, -0.05) is 0 Å². The Kier molecular flexibility index (Phi) is 4.18. The van der Waals surface area contributed by atoms with E-state index in [9.17, 15) is 22.8 Å². The third-order valence-corrected chi connectivity index (χ3v) is 3.13. The van der Waals surface area contributed by atoms with E-state index in [1.165, 1.54) is 18.2 Å². The van der Waals surface area contributed by atoms with Crippen LogP contribution in [0.3, 0.4) is 0 Å². The Hall–Kier alpha value is -3.29. The summed E-state index contributed by atoms with van der Waals surface area (Å²) in [6.45, 7) is 0. The summed E-state index contributed by atoms with van der Waals surface area (Å²) in [6.07, 6.45) is -4.81. The summed E-state index contributed by atoms with van der Waals surface area (Å²) in [5.74, 6) is -1.10. The van der Waals surface area contributed by atoms with Gasteiger partial charge in [0.05, 0.1) is 5.56 Å². The topological polar surface area (TPSA) is 65.7 Å². The van der Waals surface area contributed by atoms with Crippen molar-refractivity contribution in [1.82, 2.24) is 0 Å². The molecule has 0 aliphatic heterocycles. The number of carbonyl (C=O) groups is 1. The quantitative estimate of drug-likeness (QED) is 0.407. The number of hydrogen-bond acceptors (Lipinski definition) is 5. The molecule has 1 aromatic heterocycles. The lowest BCUT2D eigenvalue weighted by Crippen LogP contribution is -2.17. The summed E-state index contributed by atoms with van der Waals surface area (Å²) in [6, 6.07) is 11.6. The minimum absolute atomic E-state index is 0.0316. The van der Waals surface area contributed by atoms with Crippen molar-refractivity contribution >= 4 is 16.9 Å². The van der Waals surface area contributed by atoms with E-state index in [4.69, 9.17) is 9.15 Å². The Balaban J connectivity index is 1.76. The highest BCUT2D eigenvalue weighted by molar-refractivity contribution is 5.91. The van der Waals surface area contributed by atoms with Crippen LogP contribution in [0.4, 0.5) is 13.2 Å². The molecule has 0 fully saturated rings. The lowest BCUT2D eigenvalue weighted by molar-refractivity contribution is -0.274. The maximum atomic E-state index is 12.1. The molecule has 0 unspecified atom stereocenters. The van der Waals surface area contributed by atoms with E-state index in [0.29, 0.717) is 5.39 Å². The molecule has 25 heavy (non-hydrogen) atoms. The minimum Gasteiger partial charge on any atom is -0.423 e. The van der Waals surface area contributed by atoms with Gasteiger partial charge in [-0.05, 0) is 42.5 Å². The van der Waals surface area contributed by atoms with E-state index >= 15 is 0 Å². The molecule has 128 valence electrons. The number of carbonyl (C=O) groups excluding carboxylic acids is 1. The van der Waals surface area contributed by atoms with Crippen molar-refractivity contribution in [2.24, 2.45) is 0 Å². The number of fused-ring (bicyclic) bond motifs is 1. The molecule has 0 spiro atoms. The fraction of sp³-hybridized carbons (Fsp3) is 0.0588. The number of halogens is 3. The number of ether oxygens (including phenoxy) is 2. The zero-order chi connectivity index (χ0) is 18.0. The van der Waals surface area contributed by atoms with Crippen molar-refractivity contribution < 1.29 is 31.9 Å². The first-order valence-corrected chi connectivity index (χ1v) is 6.92. The van der Waals surface area contributed by atoms with Gasteiger partial charge in [-0.3, -0.25) is 0 Å². The molecule has 1 heterocycles. The molecule has 0 N–H and O–H groups in total. The predicted octanol–water partition coefficient (Wildman–Crippen LogP) is 3.91. The number of alkyl halides is 3. The summed E-state index contributed by atoms with van der Waals surface area (Å²) in [5.41, 5.74) is -0.271. The fourth-order valence-electron chi connectivity index (χ4n) is 2.06. The molecule has 5 nitrogen and oxygen atoms in total. The third kappa shape index (κ3) is 4.17. The Morgan fingerprint density at radius 2 is 1.56 bits per heavy atom. The Labute approximate surface area is 138 Å². The predicted molar refractivity (Wildman–Crippen MR) is 80.6 cm³/mol. The highest BCUT2D eigenvalue weighted by Crippen LogP contribution is 2.24. The van der Waals surface area contributed by atoms with Crippen LogP contribution in [0.5, 0.6) is 11.5 Å². The monoisotopic (exact) mass is 350 g/mol. The molecule has 0 radical (unpaired) electrons. The van der Waals surface area contributed by atoms with Crippen molar-refractivity contribution in [3.63, 3.8) is 0 Å². The van der Waals surface area contributed by atoms with Crippen LogP contribution >= 0.6 is 0 Å². The van der Waals surface area contributed by atoms with Crippen molar-refractivity contribution in [2.45, 2.75) is 6.36 Å². The van der Waals surface area contributed by atoms with Crippen LogP contribution in [-0.2, 0) is 0 Å². The molecule has 3 rings (SSSR count). The van der Waals surface area contributed by atoms with Gasteiger partial charge in [-0.25, -0.2) is 9.59 Å². The molecule has 0 saturated carbocycles.